The first-order valence-electron chi connectivity index (χ1n) is 5.86. The van der Waals surface area contributed by atoms with Gasteiger partial charge < -0.3 is 9.84 Å². The van der Waals surface area contributed by atoms with Gasteiger partial charge in [-0.3, -0.25) is 0 Å². The first-order chi connectivity index (χ1) is 9.72. The van der Waals surface area contributed by atoms with Gasteiger partial charge in [0.25, 0.3) is 0 Å². The number of methoxy groups -OCH3 is 1. The first kappa shape index (κ1) is 12.7. The van der Waals surface area contributed by atoms with Gasteiger partial charge >= 0.3 is 0 Å². The number of thioether (sulfide) groups is 1. The van der Waals surface area contributed by atoms with Crippen LogP contribution in [0.5, 0.6) is 11.6 Å². The Morgan fingerprint density at radius 2 is 2.15 bits per heavy atom. The lowest BCUT2D eigenvalue weighted by Gasteiger charge is -2.06. The molecule has 1 aromatic carbocycles. The molecule has 1 N–H and O–H groups in total. The largest absolute Gasteiger partial charge is 0.497 e. The van der Waals surface area contributed by atoms with E-state index in [0.717, 1.165) is 11.4 Å². The third-order valence-electron chi connectivity index (χ3n) is 2.87. The minimum atomic E-state index is -0.0616. The van der Waals surface area contributed by atoms with E-state index in [1.807, 2.05) is 30.5 Å². The molecule has 3 rings (SSSR count). The molecule has 7 heteroatoms. The van der Waals surface area contributed by atoms with Crippen molar-refractivity contribution in [2.24, 2.45) is 0 Å². The van der Waals surface area contributed by atoms with Crippen LogP contribution < -0.4 is 4.74 Å². The maximum Gasteiger partial charge on any atom is 0.226 e. The number of nitrogens with zero attached hydrogens (tertiary/aromatic N) is 4. The van der Waals surface area contributed by atoms with Crippen molar-refractivity contribution in [1.82, 2.24) is 19.7 Å². The Morgan fingerprint density at radius 3 is 2.90 bits per heavy atom. The molecule has 2 aromatic heterocycles. The third kappa shape index (κ3) is 2.05. The molecule has 0 amide bonds. The Bertz CT molecular complexity index is 772. The average Bonchev–Trinajstić information content (AvgIpc) is 2.91. The van der Waals surface area contributed by atoms with E-state index in [2.05, 4.69) is 15.1 Å². The predicted molar refractivity (Wildman–Crippen MR) is 76.7 cm³/mol. The summed E-state index contributed by atoms with van der Waals surface area (Å²) in [5, 5.41) is 15.2. The van der Waals surface area contributed by atoms with Crippen molar-refractivity contribution >= 4 is 22.8 Å². The highest BCUT2D eigenvalue weighted by atomic mass is 32.2. The minimum absolute atomic E-state index is 0.0616. The van der Waals surface area contributed by atoms with Crippen LogP contribution in [-0.4, -0.2) is 38.2 Å². The second-order valence-corrected chi connectivity index (χ2v) is 4.80. The Labute approximate surface area is 119 Å². The van der Waals surface area contributed by atoms with E-state index < -0.39 is 0 Å². The number of ether oxygens (including phenoxy) is 1. The summed E-state index contributed by atoms with van der Waals surface area (Å²) >= 11 is 1.36. The molecule has 0 saturated carbocycles. The molecule has 0 unspecified atom stereocenters. The smallest absolute Gasteiger partial charge is 0.226 e. The van der Waals surface area contributed by atoms with Crippen molar-refractivity contribution in [2.75, 3.05) is 13.4 Å². The van der Waals surface area contributed by atoms with E-state index in [4.69, 9.17) is 4.74 Å². The predicted octanol–water partition coefficient (Wildman–Crippen LogP) is 2.25. The topological polar surface area (TPSA) is 73.1 Å². The van der Waals surface area contributed by atoms with Crippen LogP contribution in [0.4, 0.5) is 0 Å². The van der Waals surface area contributed by atoms with E-state index in [-0.39, 0.29) is 5.88 Å². The molecule has 0 spiro atoms. The first-order valence-corrected chi connectivity index (χ1v) is 7.08. The summed E-state index contributed by atoms with van der Waals surface area (Å²) in [4.78, 5) is 8.39. The Morgan fingerprint density at radius 1 is 1.30 bits per heavy atom. The zero-order chi connectivity index (χ0) is 14.1. The van der Waals surface area contributed by atoms with E-state index in [9.17, 15) is 5.11 Å². The summed E-state index contributed by atoms with van der Waals surface area (Å²) in [5.74, 6) is 0.669. The van der Waals surface area contributed by atoms with Gasteiger partial charge in [0.2, 0.25) is 5.88 Å². The lowest BCUT2D eigenvalue weighted by atomic mass is 10.3. The maximum atomic E-state index is 9.90. The molecule has 0 aliphatic heterocycles. The number of benzene rings is 1. The molecule has 0 fully saturated rings. The van der Waals surface area contributed by atoms with Crippen molar-refractivity contribution in [3.63, 3.8) is 0 Å². The van der Waals surface area contributed by atoms with E-state index in [0.29, 0.717) is 16.2 Å². The third-order valence-corrected chi connectivity index (χ3v) is 3.42. The number of hydrogen-bond acceptors (Lipinski definition) is 6. The molecule has 6 nitrogen and oxygen atoms in total. The second kappa shape index (κ2) is 5.01. The molecule has 0 radical (unpaired) electrons. The van der Waals surface area contributed by atoms with Gasteiger partial charge in [-0.05, 0) is 18.4 Å². The molecule has 0 aliphatic rings. The lowest BCUT2D eigenvalue weighted by Crippen LogP contribution is -1.99. The Balaban J connectivity index is 2.23. The molecule has 0 bridgehead atoms. The Kier molecular flexibility index (Phi) is 3.19. The summed E-state index contributed by atoms with van der Waals surface area (Å²) in [6.45, 7) is 0. The van der Waals surface area contributed by atoms with E-state index in [1.54, 1.807) is 18.0 Å². The van der Waals surface area contributed by atoms with Crippen molar-refractivity contribution < 1.29 is 9.84 Å². The van der Waals surface area contributed by atoms with Crippen molar-refractivity contribution in [1.29, 1.82) is 0 Å². The fourth-order valence-corrected chi connectivity index (χ4v) is 2.25. The van der Waals surface area contributed by atoms with Gasteiger partial charge in [0, 0.05) is 6.07 Å². The molecule has 2 heterocycles. The molecule has 3 aromatic rings. The van der Waals surface area contributed by atoms with Crippen LogP contribution in [0.25, 0.3) is 16.7 Å². The van der Waals surface area contributed by atoms with Crippen LogP contribution in [0.1, 0.15) is 0 Å². The van der Waals surface area contributed by atoms with Crippen LogP contribution in [0, 0.1) is 0 Å². The average molecular weight is 288 g/mol. The van der Waals surface area contributed by atoms with Crippen LogP contribution in [0.2, 0.25) is 0 Å². The quantitative estimate of drug-likeness (QED) is 0.588. The molecular weight excluding hydrogens is 276 g/mol. The zero-order valence-electron chi connectivity index (χ0n) is 10.9. The molecule has 102 valence electrons. The minimum Gasteiger partial charge on any atom is -0.497 e. The monoisotopic (exact) mass is 288 g/mol. The number of hydrogen-bond donors (Lipinski definition) is 1. The Hall–Kier alpha value is -2.28. The van der Waals surface area contributed by atoms with Gasteiger partial charge in [-0.2, -0.15) is 10.1 Å². The summed E-state index contributed by atoms with van der Waals surface area (Å²) in [6, 6.07) is 7.48. The highest BCUT2D eigenvalue weighted by Gasteiger charge is 2.13. The van der Waals surface area contributed by atoms with Gasteiger partial charge in [0.15, 0.2) is 10.8 Å². The molecule has 0 atom stereocenters. The lowest BCUT2D eigenvalue weighted by molar-refractivity contribution is 0.414. The van der Waals surface area contributed by atoms with Crippen LogP contribution in [-0.2, 0) is 0 Å². The SMILES string of the molecule is COc1cccc(-n2ncc3c(O)nc(SC)nc32)c1. The molecule has 0 saturated heterocycles. The highest BCUT2D eigenvalue weighted by molar-refractivity contribution is 7.98. The maximum absolute atomic E-state index is 9.90. The number of rotatable bonds is 3. The number of aromatic nitrogens is 4. The van der Waals surface area contributed by atoms with Crippen LogP contribution in [0.15, 0.2) is 35.6 Å². The standard InChI is InChI=1S/C13H12N4O2S/c1-19-9-5-3-4-8(6-9)17-11-10(7-14-17)12(18)16-13(15-11)20-2/h3-7H,1-2H3,(H,15,16,18). The normalized spacial score (nSPS) is 10.9. The molecule has 0 aliphatic carbocycles. The number of fused-ring (bicyclic) bond motifs is 1. The van der Waals surface area contributed by atoms with E-state index >= 15 is 0 Å². The fourth-order valence-electron chi connectivity index (χ4n) is 1.90. The van der Waals surface area contributed by atoms with Crippen LogP contribution >= 0.6 is 11.8 Å². The van der Waals surface area contributed by atoms with Crippen LogP contribution in [0.3, 0.4) is 0 Å². The summed E-state index contributed by atoms with van der Waals surface area (Å²) < 4.78 is 6.86. The van der Waals surface area contributed by atoms with Gasteiger partial charge in [-0.25, -0.2) is 9.67 Å². The van der Waals surface area contributed by atoms with Crippen molar-refractivity contribution in [2.45, 2.75) is 5.16 Å². The van der Waals surface area contributed by atoms with E-state index in [1.165, 1.54) is 11.8 Å². The molecular formula is C13H12N4O2S. The molecule has 20 heavy (non-hydrogen) atoms. The van der Waals surface area contributed by atoms with Gasteiger partial charge in [0.05, 0.1) is 19.0 Å². The van der Waals surface area contributed by atoms with Crippen molar-refractivity contribution in [3.05, 3.63) is 30.5 Å². The summed E-state index contributed by atoms with van der Waals surface area (Å²) in [7, 11) is 1.61. The highest BCUT2D eigenvalue weighted by Crippen LogP contribution is 2.26. The van der Waals surface area contributed by atoms with Gasteiger partial charge in [0.1, 0.15) is 11.1 Å². The zero-order valence-corrected chi connectivity index (χ0v) is 11.8. The summed E-state index contributed by atoms with van der Waals surface area (Å²) in [5.41, 5.74) is 1.37. The fraction of sp³-hybridized carbons (Fsp3) is 0.154. The second-order valence-electron chi connectivity index (χ2n) is 4.03. The van der Waals surface area contributed by atoms with Gasteiger partial charge in [-0.15, -0.1) is 0 Å². The summed E-state index contributed by atoms with van der Waals surface area (Å²) in [6.07, 6.45) is 3.40. The van der Waals surface area contributed by atoms with Crippen molar-refractivity contribution in [3.8, 4) is 17.3 Å². The van der Waals surface area contributed by atoms with Gasteiger partial charge in [-0.1, -0.05) is 17.8 Å². The number of aromatic hydroxyl groups is 1.